The fraction of sp³-hybridized carbons (Fsp3) is 0.200. The Hall–Kier alpha value is -3.23. The predicted molar refractivity (Wildman–Crippen MR) is 128 cm³/mol. The van der Waals surface area contributed by atoms with Gasteiger partial charge in [-0.05, 0) is 53.8 Å². The summed E-state index contributed by atoms with van der Waals surface area (Å²) in [6, 6.07) is 18.2. The van der Waals surface area contributed by atoms with Crippen LogP contribution >= 0.6 is 11.3 Å². The van der Waals surface area contributed by atoms with Crippen LogP contribution in [0.25, 0.3) is 10.4 Å². The first-order valence-corrected chi connectivity index (χ1v) is 13.1. The molecular formula is C25H21NO5S2. The molecule has 0 N–H and O–H groups in total. The monoisotopic (exact) mass is 479 g/mol. The Bertz CT molecular complexity index is 1360. The number of thiophene rings is 1. The fourth-order valence-corrected chi connectivity index (χ4v) is 6.70. The third-order valence-corrected chi connectivity index (χ3v) is 8.38. The van der Waals surface area contributed by atoms with Crippen molar-refractivity contribution in [2.75, 3.05) is 17.3 Å². The van der Waals surface area contributed by atoms with Gasteiger partial charge in [0, 0.05) is 16.0 Å². The molecular weight excluding hydrogens is 458 g/mol. The smallest absolute Gasteiger partial charge is 0.348 e. The number of nitrogens with zero attached hydrogens (tertiary/aromatic N) is 1. The van der Waals surface area contributed by atoms with Crippen LogP contribution in [0.15, 0.2) is 72.1 Å². The lowest BCUT2D eigenvalue weighted by Gasteiger charge is -2.27. The van der Waals surface area contributed by atoms with Crippen molar-refractivity contribution in [3.05, 3.63) is 88.2 Å². The Morgan fingerprint density at radius 2 is 1.73 bits per heavy atom. The van der Waals surface area contributed by atoms with Crippen molar-refractivity contribution >= 4 is 38.7 Å². The maximum atomic E-state index is 13.1. The summed E-state index contributed by atoms with van der Waals surface area (Å²) in [6.45, 7) is -0.475. The van der Waals surface area contributed by atoms with E-state index in [1.54, 1.807) is 24.3 Å². The third kappa shape index (κ3) is 4.36. The maximum Gasteiger partial charge on any atom is 0.348 e. The van der Waals surface area contributed by atoms with Gasteiger partial charge >= 0.3 is 5.97 Å². The van der Waals surface area contributed by atoms with E-state index in [-0.39, 0.29) is 5.75 Å². The Labute approximate surface area is 196 Å². The number of hydrogen-bond donors (Lipinski definition) is 0. The van der Waals surface area contributed by atoms with Gasteiger partial charge < -0.3 is 9.64 Å². The zero-order chi connectivity index (χ0) is 23.0. The van der Waals surface area contributed by atoms with Crippen molar-refractivity contribution < 1.29 is 22.7 Å². The van der Waals surface area contributed by atoms with Gasteiger partial charge in [-0.1, -0.05) is 42.5 Å². The summed E-state index contributed by atoms with van der Waals surface area (Å²) in [5, 5.41) is 1.13. The standard InChI is InChI=1S/C25H21NO5S2/c27-23(26(19-7-2-1-3-8-19)20-12-13-33(29,30)16-20)15-31-25(28)22-14-18-11-10-17-6-4-5-9-21(17)24(18)32-22/h1-9,12-14,20H,10-11,15-16H2. The van der Waals surface area contributed by atoms with E-state index in [1.807, 2.05) is 24.3 Å². The van der Waals surface area contributed by atoms with Crippen LogP contribution in [-0.2, 0) is 32.2 Å². The summed E-state index contributed by atoms with van der Waals surface area (Å²) in [7, 11) is -3.36. The minimum absolute atomic E-state index is 0.196. The first kappa shape index (κ1) is 21.6. The van der Waals surface area contributed by atoms with Crippen LogP contribution in [0.2, 0.25) is 0 Å². The minimum Gasteiger partial charge on any atom is -0.451 e. The summed E-state index contributed by atoms with van der Waals surface area (Å²) in [6.07, 6.45) is 3.28. The normalized spacial score (nSPS) is 17.8. The number of esters is 1. The zero-order valence-corrected chi connectivity index (χ0v) is 19.3. The van der Waals surface area contributed by atoms with Gasteiger partial charge in [0.2, 0.25) is 0 Å². The number of fused-ring (bicyclic) bond motifs is 3. The molecule has 0 fully saturated rings. The fourth-order valence-electron chi connectivity index (χ4n) is 4.27. The van der Waals surface area contributed by atoms with Crippen LogP contribution in [0.4, 0.5) is 5.69 Å². The molecule has 0 bridgehead atoms. The Balaban J connectivity index is 1.32. The van der Waals surface area contributed by atoms with Crippen LogP contribution in [0.1, 0.15) is 20.8 Å². The summed E-state index contributed by atoms with van der Waals surface area (Å²) in [4.78, 5) is 28.7. The molecule has 1 aromatic heterocycles. The molecule has 2 heterocycles. The molecule has 0 radical (unpaired) electrons. The second-order valence-corrected chi connectivity index (χ2v) is 11.0. The number of hydrogen-bond acceptors (Lipinski definition) is 6. The number of para-hydroxylation sites is 1. The summed E-state index contributed by atoms with van der Waals surface area (Å²) >= 11 is 1.38. The van der Waals surface area contributed by atoms with Crippen LogP contribution in [0.5, 0.6) is 0 Å². The highest BCUT2D eigenvalue weighted by atomic mass is 32.2. The van der Waals surface area contributed by atoms with Gasteiger partial charge in [-0.15, -0.1) is 11.3 Å². The second-order valence-electron chi connectivity index (χ2n) is 8.02. The molecule has 1 aliphatic carbocycles. The van der Waals surface area contributed by atoms with Crippen LogP contribution < -0.4 is 4.90 Å². The minimum atomic E-state index is -3.36. The summed E-state index contributed by atoms with van der Waals surface area (Å²) < 4.78 is 29.2. The largest absolute Gasteiger partial charge is 0.451 e. The van der Waals surface area contributed by atoms with E-state index in [2.05, 4.69) is 12.1 Å². The van der Waals surface area contributed by atoms with Crippen molar-refractivity contribution in [1.82, 2.24) is 0 Å². The number of benzene rings is 2. The molecule has 1 aliphatic heterocycles. The number of ether oxygens (including phenoxy) is 1. The topological polar surface area (TPSA) is 80.8 Å². The van der Waals surface area contributed by atoms with Gasteiger partial charge in [0.25, 0.3) is 5.91 Å². The van der Waals surface area contributed by atoms with Crippen LogP contribution in [0.3, 0.4) is 0 Å². The molecule has 5 rings (SSSR count). The third-order valence-electron chi connectivity index (χ3n) is 5.81. The molecule has 1 amide bonds. The number of sulfone groups is 1. The Morgan fingerprint density at radius 1 is 1.00 bits per heavy atom. The summed E-state index contributed by atoms with van der Waals surface area (Å²) in [5.41, 5.74) is 4.07. The number of carbonyl (C=O) groups excluding carboxylic acids is 2. The number of amides is 1. The van der Waals surface area contributed by atoms with Gasteiger partial charge in [-0.25, -0.2) is 13.2 Å². The highest BCUT2D eigenvalue weighted by Gasteiger charge is 2.32. The highest BCUT2D eigenvalue weighted by Crippen LogP contribution is 2.39. The van der Waals surface area contributed by atoms with Gasteiger partial charge in [0.1, 0.15) is 4.88 Å². The van der Waals surface area contributed by atoms with Crippen LogP contribution in [0, 0.1) is 0 Å². The quantitative estimate of drug-likeness (QED) is 0.517. The molecule has 8 heteroatoms. The number of anilines is 1. The molecule has 1 atom stereocenters. The van der Waals surface area contributed by atoms with E-state index in [0.29, 0.717) is 10.6 Å². The number of carbonyl (C=O) groups is 2. The average molecular weight is 480 g/mol. The zero-order valence-electron chi connectivity index (χ0n) is 17.6. The van der Waals surface area contributed by atoms with Crippen molar-refractivity contribution in [3.8, 4) is 10.4 Å². The van der Waals surface area contributed by atoms with Crippen molar-refractivity contribution in [2.24, 2.45) is 0 Å². The first-order chi connectivity index (χ1) is 15.9. The van der Waals surface area contributed by atoms with E-state index in [4.69, 9.17) is 4.74 Å². The lowest BCUT2D eigenvalue weighted by atomic mass is 9.91. The van der Waals surface area contributed by atoms with E-state index in [1.165, 1.54) is 27.9 Å². The molecule has 3 aromatic rings. The molecule has 1 unspecified atom stereocenters. The SMILES string of the molecule is O=C(OCC(=O)N(c1ccccc1)C1C=CS(=O)(=O)C1)c1cc2c(s1)-c1ccccc1CC2. The Kier molecular flexibility index (Phi) is 5.64. The lowest BCUT2D eigenvalue weighted by molar-refractivity contribution is -0.121. The van der Waals surface area contributed by atoms with E-state index in [9.17, 15) is 18.0 Å². The van der Waals surface area contributed by atoms with E-state index < -0.39 is 34.4 Å². The molecule has 6 nitrogen and oxygen atoms in total. The van der Waals surface area contributed by atoms with Crippen LogP contribution in [-0.4, -0.2) is 38.7 Å². The van der Waals surface area contributed by atoms with Crippen molar-refractivity contribution in [2.45, 2.75) is 18.9 Å². The van der Waals surface area contributed by atoms with Crippen molar-refractivity contribution in [1.29, 1.82) is 0 Å². The Morgan fingerprint density at radius 3 is 2.48 bits per heavy atom. The first-order valence-electron chi connectivity index (χ1n) is 10.6. The van der Waals surface area contributed by atoms with Crippen molar-refractivity contribution in [3.63, 3.8) is 0 Å². The molecule has 0 spiro atoms. The molecule has 2 aliphatic rings. The molecule has 168 valence electrons. The number of aryl methyl sites for hydroxylation is 2. The molecule has 33 heavy (non-hydrogen) atoms. The van der Waals surface area contributed by atoms with Gasteiger partial charge in [0.15, 0.2) is 16.4 Å². The number of rotatable bonds is 5. The maximum absolute atomic E-state index is 13.1. The molecule has 2 aromatic carbocycles. The molecule has 0 saturated heterocycles. The molecule has 0 saturated carbocycles. The van der Waals surface area contributed by atoms with E-state index in [0.717, 1.165) is 34.3 Å². The summed E-state index contributed by atoms with van der Waals surface area (Å²) in [5.74, 6) is -1.23. The average Bonchev–Trinajstić information content (AvgIpc) is 3.41. The van der Waals surface area contributed by atoms with Gasteiger partial charge in [-0.3, -0.25) is 4.79 Å². The second kappa shape index (κ2) is 8.61. The predicted octanol–water partition coefficient (Wildman–Crippen LogP) is 4.01. The van der Waals surface area contributed by atoms with Gasteiger partial charge in [0.05, 0.1) is 11.8 Å². The van der Waals surface area contributed by atoms with Gasteiger partial charge in [-0.2, -0.15) is 0 Å². The highest BCUT2D eigenvalue weighted by molar-refractivity contribution is 7.94. The van der Waals surface area contributed by atoms with E-state index >= 15 is 0 Å². The lowest BCUT2D eigenvalue weighted by Crippen LogP contribution is -2.43.